The number of hydrogen-bond acceptors (Lipinski definition) is 2. The van der Waals surface area contributed by atoms with Gasteiger partial charge in [0, 0.05) is 6.54 Å². The molecule has 0 unspecified atom stereocenters. The molecule has 0 spiro atoms. The SMILES string of the molecule is O=C(NCc1ccsc1)c1cccc(Br)c1F. The van der Waals surface area contributed by atoms with Crippen LogP contribution in [0.4, 0.5) is 4.39 Å². The summed E-state index contributed by atoms with van der Waals surface area (Å²) in [7, 11) is 0. The number of carbonyl (C=O) groups is 1. The molecule has 2 rings (SSSR count). The zero-order valence-corrected chi connectivity index (χ0v) is 11.1. The Hall–Kier alpha value is -1.20. The van der Waals surface area contributed by atoms with Crippen molar-refractivity contribution in [3.63, 3.8) is 0 Å². The fraction of sp³-hybridized carbons (Fsp3) is 0.0833. The normalized spacial score (nSPS) is 10.2. The highest BCUT2D eigenvalue weighted by molar-refractivity contribution is 9.10. The number of benzene rings is 1. The maximum absolute atomic E-state index is 13.6. The number of hydrogen-bond donors (Lipinski definition) is 1. The van der Waals surface area contributed by atoms with Gasteiger partial charge < -0.3 is 5.32 Å². The molecule has 88 valence electrons. The van der Waals surface area contributed by atoms with Crippen molar-refractivity contribution in [1.82, 2.24) is 5.32 Å². The van der Waals surface area contributed by atoms with E-state index in [4.69, 9.17) is 0 Å². The zero-order valence-electron chi connectivity index (χ0n) is 8.74. The fourth-order valence-electron chi connectivity index (χ4n) is 1.35. The number of halogens is 2. The third-order valence-corrected chi connectivity index (χ3v) is 3.57. The van der Waals surface area contributed by atoms with Crippen LogP contribution in [0.3, 0.4) is 0 Å². The zero-order chi connectivity index (χ0) is 12.3. The lowest BCUT2D eigenvalue weighted by Gasteiger charge is -2.05. The summed E-state index contributed by atoms with van der Waals surface area (Å²) in [5.41, 5.74) is 1.06. The fourth-order valence-corrected chi connectivity index (χ4v) is 2.38. The van der Waals surface area contributed by atoms with Crippen LogP contribution >= 0.6 is 27.3 Å². The van der Waals surface area contributed by atoms with Gasteiger partial charge in [-0.2, -0.15) is 11.3 Å². The average Bonchev–Trinajstić information content (AvgIpc) is 2.82. The minimum Gasteiger partial charge on any atom is -0.348 e. The lowest BCUT2D eigenvalue weighted by atomic mass is 10.2. The van der Waals surface area contributed by atoms with Gasteiger partial charge in [-0.15, -0.1) is 0 Å². The minimum absolute atomic E-state index is 0.0506. The maximum Gasteiger partial charge on any atom is 0.254 e. The van der Waals surface area contributed by atoms with E-state index >= 15 is 0 Å². The standard InChI is InChI=1S/C12H9BrFNOS/c13-10-3-1-2-9(11(10)14)12(16)15-6-8-4-5-17-7-8/h1-5,7H,6H2,(H,15,16). The molecule has 0 saturated heterocycles. The molecule has 17 heavy (non-hydrogen) atoms. The van der Waals surface area contributed by atoms with Crippen LogP contribution in [0.25, 0.3) is 0 Å². The molecule has 1 aromatic carbocycles. The summed E-state index contributed by atoms with van der Waals surface area (Å²) < 4.78 is 13.9. The molecule has 1 amide bonds. The monoisotopic (exact) mass is 313 g/mol. The molecular formula is C12H9BrFNOS. The molecule has 0 radical (unpaired) electrons. The predicted octanol–water partition coefficient (Wildman–Crippen LogP) is 3.58. The van der Waals surface area contributed by atoms with Gasteiger partial charge in [-0.1, -0.05) is 6.07 Å². The van der Waals surface area contributed by atoms with Gasteiger partial charge in [0.15, 0.2) is 0 Å². The molecule has 0 atom stereocenters. The molecule has 0 saturated carbocycles. The smallest absolute Gasteiger partial charge is 0.254 e. The third kappa shape index (κ3) is 2.92. The van der Waals surface area contributed by atoms with Crippen LogP contribution in [-0.2, 0) is 6.54 Å². The van der Waals surface area contributed by atoms with Crippen molar-refractivity contribution in [2.24, 2.45) is 0 Å². The molecule has 0 aliphatic rings. The molecule has 2 aromatic rings. The number of thiophene rings is 1. The summed E-state index contributed by atoms with van der Waals surface area (Å²) in [6, 6.07) is 6.57. The molecule has 1 aromatic heterocycles. The number of nitrogens with one attached hydrogen (secondary N) is 1. The van der Waals surface area contributed by atoms with Gasteiger partial charge in [-0.05, 0) is 50.5 Å². The van der Waals surface area contributed by atoms with Crippen molar-refractivity contribution in [1.29, 1.82) is 0 Å². The number of carbonyl (C=O) groups excluding carboxylic acids is 1. The summed E-state index contributed by atoms with van der Waals surface area (Å²) >= 11 is 4.61. The predicted molar refractivity (Wildman–Crippen MR) is 69.6 cm³/mol. The molecule has 1 N–H and O–H groups in total. The lowest BCUT2D eigenvalue weighted by molar-refractivity contribution is 0.0947. The quantitative estimate of drug-likeness (QED) is 0.922. The van der Waals surface area contributed by atoms with Gasteiger partial charge in [0.1, 0.15) is 5.82 Å². The maximum atomic E-state index is 13.6. The molecule has 0 fully saturated rings. The Balaban J connectivity index is 2.07. The van der Waals surface area contributed by atoms with Crippen molar-refractivity contribution >= 4 is 33.2 Å². The van der Waals surface area contributed by atoms with Crippen LogP contribution in [0.2, 0.25) is 0 Å². The Morgan fingerprint density at radius 2 is 2.24 bits per heavy atom. The molecule has 1 heterocycles. The summed E-state index contributed by atoms with van der Waals surface area (Å²) in [4.78, 5) is 11.7. The Morgan fingerprint density at radius 1 is 1.41 bits per heavy atom. The highest BCUT2D eigenvalue weighted by Gasteiger charge is 2.13. The molecule has 0 aliphatic heterocycles. The third-order valence-electron chi connectivity index (χ3n) is 2.23. The van der Waals surface area contributed by atoms with Crippen LogP contribution < -0.4 is 5.32 Å². The number of rotatable bonds is 3. The first kappa shape index (κ1) is 12.3. The highest BCUT2D eigenvalue weighted by Crippen LogP contribution is 2.18. The van der Waals surface area contributed by atoms with Gasteiger partial charge in [0.25, 0.3) is 5.91 Å². The van der Waals surface area contributed by atoms with Crippen LogP contribution in [0.5, 0.6) is 0 Å². The Morgan fingerprint density at radius 3 is 2.94 bits per heavy atom. The van der Waals surface area contributed by atoms with Crippen molar-refractivity contribution < 1.29 is 9.18 Å². The first-order valence-corrected chi connectivity index (χ1v) is 6.65. The van der Waals surface area contributed by atoms with E-state index in [1.165, 1.54) is 6.07 Å². The topological polar surface area (TPSA) is 29.1 Å². The van der Waals surface area contributed by atoms with E-state index in [9.17, 15) is 9.18 Å². The van der Waals surface area contributed by atoms with Crippen LogP contribution in [0.1, 0.15) is 15.9 Å². The van der Waals surface area contributed by atoms with E-state index in [1.54, 1.807) is 23.5 Å². The minimum atomic E-state index is -0.532. The molecular weight excluding hydrogens is 305 g/mol. The second kappa shape index (κ2) is 5.42. The van der Waals surface area contributed by atoms with E-state index in [2.05, 4.69) is 21.2 Å². The summed E-state index contributed by atoms with van der Waals surface area (Å²) in [6.45, 7) is 0.411. The van der Waals surface area contributed by atoms with Gasteiger partial charge in [0.2, 0.25) is 0 Å². The van der Waals surface area contributed by atoms with Gasteiger partial charge >= 0.3 is 0 Å². The molecule has 2 nitrogen and oxygen atoms in total. The second-order valence-electron chi connectivity index (χ2n) is 3.42. The van der Waals surface area contributed by atoms with Crippen molar-refractivity contribution in [2.45, 2.75) is 6.54 Å². The Labute approximate surface area is 111 Å². The Kier molecular flexibility index (Phi) is 3.91. The van der Waals surface area contributed by atoms with Crippen molar-refractivity contribution in [3.8, 4) is 0 Å². The van der Waals surface area contributed by atoms with Crippen LogP contribution in [0, 0.1) is 5.82 Å². The summed E-state index contributed by atoms with van der Waals surface area (Å²) in [5, 5.41) is 6.55. The highest BCUT2D eigenvalue weighted by atomic mass is 79.9. The van der Waals surface area contributed by atoms with E-state index in [1.807, 2.05) is 16.8 Å². The second-order valence-corrected chi connectivity index (χ2v) is 5.05. The number of amides is 1. The van der Waals surface area contributed by atoms with Gasteiger partial charge in [-0.25, -0.2) is 4.39 Å². The van der Waals surface area contributed by atoms with Gasteiger partial charge in [0.05, 0.1) is 10.0 Å². The van der Waals surface area contributed by atoms with Crippen molar-refractivity contribution in [3.05, 3.63) is 56.4 Å². The molecule has 0 aliphatic carbocycles. The Bertz CT molecular complexity index is 527. The van der Waals surface area contributed by atoms with Crippen LogP contribution in [0.15, 0.2) is 39.5 Å². The van der Waals surface area contributed by atoms with E-state index in [0.29, 0.717) is 11.0 Å². The first-order chi connectivity index (χ1) is 8.18. The summed E-state index contributed by atoms with van der Waals surface area (Å²) in [5.74, 6) is -0.940. The lowest BCUT2D eigenvalue weighted by Crippen LogP contribution is -2.23. The van der Waals surface area contributed by atoms with Gasteiger partial charge in [-0.3, -0.25) is 4.79 Å². The van der Waals surface area contributed by atoms with E-state index < -0.39 is 11.7 Å². The average molecular weight is 314 g/mol. The molecule has 0 bridgehead atoms. The summed E-state index contributed by atoms with van der Waals surface area (Å²) in [6.07, 6.45) is 0. The first-order valence-electron chi connectivity index (χ1n) is 4.92. The largest absolute Gasteiger partial charge is 0.348 e. The van der Waals surface area contributed by atoms with Crippen LogP contribution in [-0.4, -0.2) is 5.91 Å². The van der Waals surface area contributed by atoms with E-state index in [0.717, 1.165) is 5.56 Å². The van der Waals surface area contributed by atoms with E-state index in [-0.39, 0.29) is 5.56 Å². The van der Waals surface area contributed by atoms with Crippen molar-refractivity contribution in [2.75, 3.05) is 0 Å². The molecule has 5 heteroatoms.